The van der Waals surface area contributed by atoms with Crippen molar-refractivity contribution in [2.75, 3.05) is 0 Å². The summed E-state index contributed by atoms with van der Waals surface area (Å²) in [5.41, 5.74) is -0.0139. The van der Waals surface area contributed by atoms with E-state index in [2.05, 4.69) is 45.7 Å². The molecule has 0 aliphatic heterocycles. The van der Waals surface area contributed by atoms with Crippen molar-refractivity contribution in [1.29, 1.82) is 0 Å². The first kappa shape index (κ1) is 15.8. The third-order valence-corrected chi connectivity index (χ3v) is 7.38. The van der Waals surface area contributed by atoms with Crippen molar-refractivity contribution in [2.24, 2.45) is 5.92 Å². The van der Waals surface area contributed by atoms with Crippen LogP contribution >= 0.6 is 31.9 Å². The third kappa shape index (κ3) is 2.29. The standard InChI is InChI=1S/C15H18Br2O3/c1-9-14(4,15(9,16)17)10-5-7-11(8-6-10)20-13(2,3)12(18)19/h5-9H,1-4H3,(H,18,19). The summed E-state index contributed by atoms with van der Waals surface area (Å²) in [7, 11) is 0. The van der Waals surface area contributed by atoms with Crippen LogP contribution in [0.15, 0.2) is 24.3 Å². The molecule has 0 aromatic heterocycles. The summed E-state index contributed by atoms with van der Waals surface area (Å²) in [6.07, 6.45) is 0. The second kappa shape index (κ2) is 4.73. The van der Waals surface area contributed by atoms with Crippen LogP contribution in [0.5, 0.6) is 5.75 Å². The Morgan fingerprint density at radius 1 is 1.30 bits per heavy atom. The van der Waals surface area contributed by atoms with Gasteiger partial charge >= 0.3 is 5.97 Å². The van der Waals surface area contributed by atoms with Gasteiger partial charge in [0.05, 0.1) is 3.23 Å². The molecule has 0 amide bonds. The van der Waals surface area contributed by atoms with E-state index in [0.717, 1.165) is 0 Å². The lowest BCUT2D eigenvalue weighted by Gasteiger charge is -2.22. The van der Waals surface area contributed by atoms with E-state index in [4.69, 9.17) is 9.84 Å². The van der Waals surface area contributed by atoms with Crippen LogP contribution in [0.1, 0.15) is 33.3 Å². The molecule has 2 rings (SSSR count). The zero-order valence-corrected chi connectivity index (χ0v) is 15.1. The van der Waals surface area contributed by atoms with E-state index >= 15 is 0 Å². The Morgan fingerprint density at radius 3 is 2.10 bits per heavy atom. The molecule has 2 atom stereocenters. The zero-order valence-electron chi connectivity index (χ0n) is 11.9. The van der Waals surface area contributed by atoms with Crippen molar-refractivity contribution in [3.63, 3.8) is 0 Å². The van der Waals surface area contributed by atoms with Gasteiger partial charge in [-0.1, -0.05) is 57.8 Å². The van der Waals surface area contributed by atoms with Gasteiger partial charge in [0.15, 0.2) is 5.60 Å². The average molecular weight is 406 g/mol. The Hall–Kier alpha value is -0.550. The van der Waals surface area contributed by atoms with Gasteiger partial charge < -0.3 is 9.84 Å². The minimum Gasteiger partial charge on any atom is -0.478 e. The van der Waals surface area contributed by atoms with Gasteiger partial charge in [0.1, 0.15) is 5.75 Å². The zero-order chi connectivity index (χ0) is 15.3. The van der Waals surface area contributed by atoms with E-state index in [1.54, 1.807) is 0 Å². The van der Waals surface area contributed by atoms with E-state index < -0.39 is 11.6 Å². The molecule has 110 valence electrons. The number of carboxylic acid groups (broad SMARTS) is 1. The molecule has 1 aliphatic rings. The van der Waals surface area contributed by atoms with Gasteiger partial charge in [0.2, 0.25) is 0 Å². The summed E-state index contributed by atoms with van der Waals surface area (Å²) in [5.74, 6) is 0.0503. The molecule has 1 aliphatic carbocycles. The minimum absolute atomic E-state index is 0.0217. The van der Waals surface area contributed by atoms with Crippen LogP contribution in [0.4, 0.5) is 0 Å². The number of carbonyl (C=O) groups is 1. The number of benzene rings is 1. The first-order chi connectivity index (χ1) is 9.03. The molecule has 1 aromatic rings. The Bertz CT molecular complexity index is 537. The second-order valence-corrected chi connectivity index (χ2v) is 9.55. The maximum Gasteiger partial charge on any atom is 0.347 e. The lowest BCUT2D eigenvalue weighted by molar-refractivity contribution is -0.152. The van der Waals surface area contributed by atoms with E-state index in [-0.39, 0.29) is 8.65 Å². The summed E-state index contributed by atoms with van der Waals surface area (Å²) in [4.78, 5) is 11.1. The molecular weight excluding hydrogens is 388 g/mol. The number of halogens is 2. The Morgan fingerprint density at radius 2 is 1.75 bits per heavy atom. The van der Waals surface area contributed by atoms with Crippen molar-refractivity contribution < 1.29 is 14.6 Å². The van der Waals surface area contributed by atoms with Gasteiger partial charge in [-0.15, -0.1) is 0 Å². The maximum atomic E-state index is 11.1. The molecule has 0 bridgehead atoms. The van der Waals surface area contributed by atoms with E-state index in [9.17, 15) is 4.79 Å². The van der Waals surface area contributed by atoms with Crippen molar-refractivity contribution >= 4 is 37.8 Å². The van der Waals surface area contributed by atoms with Crippen molar-refractivity contribution in [3.8, 4) is 5.75 Å². The fourth-order valence-corrected chi connectivity index (χ4v) is 4.22. The smallest absolute Gasteiger partial charge is 0.347 e. The van der Waals surface area contributed by atoms with Crippen molar-refractivity contribution in [1.82, 2.24) is 0 Å². The van der Waals surface area contributed by atoms with Crippen LogP contribution in [0, 0.1) is 5.92 Å². The van der Waals surface area contributed by atoms with Crippen molar-refractivity contribution in [3.05, 3.63) is 29.8 Å². The van der Waals surface area contributed by atoms with E-state index in [0.29, 0.717) is 11.7 Å². The van der Waals surface area contributed by atoms with Crippen LogP contribution in [0.25, 0.3) is 0 Å². The van der Waals surface area contributed by atoms with Crippen LogP contribution < -0.4 is 4.74 Å². The minimum atomic E-state index is -1.23. The van der Waals surface area contributed by atoms with Gasteiger partial charge in [-0.3, -0.25) is 0 Å². The molecule has 0 saturated heterocycles. The number of hydrogen-bond acceptors (Lipinski definition) is 2. The highest BCUT2D eigenvalue weighted by Gasteiger charge is 2.69. The summed E-state index contributed by atoms with van der Waals surface area (Å²) >= 11 is 7.41. The monoisotopic (exact) mass is 404 g/mol. The highest BCUT2D eigenvalue weighted by molar-refractivity contribution is 9.25. The molecule has 3 nitrogen and oxygen atoms in total. The molecule has 1 aromatic carbocycles. The first-order valence-electron chi connectivity index (χ1n) is 6.44. The van der Waals surface area contributed by atoms with Crippen LogP contribution in [-0.4, -0.2) is 19.9 Å². The number of carboxylic acids is 1. The van der Waals surface area contributed by atoms with Gasteiger partial charge in [-0.05, 0) is 37.5 Å². The molecule has 1 saturated carbocycles. The number of aliphatic carboxylic acids is 1. The summed E-state index contributed by atoms with van der Waals surface area (Å²) in [5, 5.41) is 9.06. The molecule has 20 heavy (non-hydrogen) atoms. The molecule has 2 unspecified atom stereocenters. The Balaban J connectivity index is 2.19. The predicted molar refractivity (Wildman–Crippen MR) is 85.9 cm³/mol. The highest BCUT2D eigenvalue weighted by atomic mass is 79.9. The Labute approximate surface area is 136 Å². The topological polar surface area (TPSA) is 46.5 Å². The van der Waals surface area contributed by atoms with Crippen LogP contribution in [0.2, 0.25) is 0 Å². The molecule has 0 heterocycles. The SMILES string of the molecule is CC1C(Br)(Br)C1(C)c1ccc(OC(C)(C)C(=O)O)cc1. The summed E-state index contributed by atoms with van der Waals surface area (Å²) in [6.45, 7) is 7.45. The number of ether oxygens (including phenoxy) is 1. The fraction of sp³-hybridized carbons (Fsp3) is 0.533. The van der Waals surface area contributed by atoms with Gasteiger partial charge in [0.25, 0.3) is 0 Å². The van der Waals surface area contributed by atoms with Gasteiger partial charge in [-0.25, -0.2) is 4.79 Å². The fourth-order valence-electron chi connectivity index (χ4n) is 2.39. The third-order valence-electron chi connectivity index (χ3n) is 4.36. The molecule has 5 heteroatoms. The number of alkyl halides is 2. The molecule has 1 fully saturated rings. The lowest BCUT2D eigenvalue weighted by Crippen LogP contribution is -2.37. The number of rotatable bonds is 4. The molecular formula is C15H18Br2O3. The maximum absolute atomic E-state index is 11.1. The summed E-state index contributed by atoms with van der Waals surface area (Å²) < 4.78 is 5.43. The summed E-state index contributed by atoms with van der Waals surface area (Å²) in [6, 6.07) is 7.64. The normalized spacial score (nSPS) is 28.0. The van der Waals surface area contributed by atoms with Gasteiger partial charge in [-0.2, -0.15) is 0 Å². The van der Waals surface area contributed by atoms with E-state index in [1.165, 1.54) is 19.4 Å². The predicted octanol–water partition coefficient (Wildman–Crippen LogP) is 4.32. The van der Waals surface area contributed by atoms with Crippen LogP contribution in [0.3, 0.4) is 0 Å². The molecule has 0 spiro atoms. The first-order valence-corrected chi connectivity index (χ1v) is 8.03. The largest absolute Gasteiger partial charge is 0.478 e. The quantitative estimate of drug-likeness (QED) is 0.758. The molecule has 1 N–H and O–H groups in total. The second-order valence-electron chi connectivity index (χ2n) is 5.99. The Kier molecular flexibility index (Phi) is 3.75. The van der Waals surface area contributed by atoms with Crippen LogP contribution in [-0.2, 0) is 10.2 Å². The molecule has 0 radical (unpaired) electrons. The lowest BCUT2D eigenvalue weighted by atomic mass is 9.96. The van der Waals surface area contributed by atoms with Gasteiger partial charge in [0, 0.05) is 5.41 Å². The van der Waals surface area contributed by atoms with E-state index in [1.807, 2.05) is 24.3 Å². The highest BCUT2D eigenvalue weighted by Crippen LogP contribution is 2.71. The number of hydrogen-bond donors (Lipinski definition) is 1. The van der Waals surface area contributed by atoms with Crippen molar-refractivity contribution in [2.45, 2.75) is 41.9 Å². The average Bonchev–Trinajstić information content (AvgIpc) is 2.74.